The van der Waals surface area contributed by atoms with E-state index in [1.54, 1.807) is 4.57 Å². The predicted octanol–water partition coefficient (Wildman–Crippen LogP) is 1.49. The average Bonchev–Trinajstić information content (AvgIpc) is 2.70. The maximum absolute atomic E-state index is 11.8. The third-order valence-electron chi connectivity index (χ3n) is 3.06. The van der Waals surface area contributed by atoms with E-state index < -0.39 is 0 Å². The Balaban J connectivity index is 1.97. The molecule has 0 aliphatic carbocycles. The van der Waals surface area contributed by atoms with E-state index >= 15 is 0 Å². The molecule has 0 spiro atoms. The van der Waals surface area contributed by atoms with Gasteiger partial charge < -0.3 is 10.3 Å². The molecule has 0 bridgehead atoms. The number of aromatic nitrogens is 2. The van der Waals surface area contributed by atoms with Crippen molar-refractivity contribution in [1.82, 2.24) is 14.9 Å². The number of aromatic amines is 1. The van der Waals surface area contributed by atoms with E-state index in [2.05, 4.69) is 10.3 Å². The first-order valence-electron chi connectivity index (χ1n) is 6.55. The number of rotatable bonds is 5. The van der Waals surface area contributed by atoms with Crippen molar-refractivity contribution in [3.8, 4) is 0 Å². The summed E-state index contributed by atoms with van der Waals surface area (Å²) in [6, 6.07) is 7.60. The van der Waals surface area contributed by atoms with E-state index in [-0.39, 0.29) is 17.5 Å². The zero-order valence-electron chi connectivity index (χ0n) is 11.3. The first-order chi connectivity index (χ1) is 9.09. The molecule has 102 valence electrons. The van der Waals surface area contributed by atoms with Gasteiger partial charge in [0.1, 0.15) is 0 Å². The van der Waals surface area contributed by atoms with Crippen molar-refractivity contribution in [2.45, 2.75) is 26.8 Å². The molecule has 1 heterocycles. The molecule has 19 heavy (non-hydrogen) atoms. The van der Waals surface area contributed by atoms with Crippen LogP contribution in [0.4, 0.5) is 0 Å². The number of benzene rings is 1. The zero-order chi connectivity index (χ0) is 13.8. The van der Waals surface area contributed by atoms with Crippen LogP contribution < -0.4 is 11.0 Å². The highest BCUT2D eigenvalue weighted by molar-refractivity contribution is 5.77. The smallest absolute Gasteiger partial charge is 0.326 e. The summed E-state index contributed by atoms with van der Waals surface area (Å²) in [5, 5.41) is 2.85. The number of aryl methyl sites for hydroxylation is 1. The van der Waals surface area contributed by atoms with Gasteiger partial charge in [-0.2, -0.15) is 0 Å². The van der Waals surface area contributed by atoms with Gasteiger partial charge in [0.25, 0.3) is 0 Å². The molecule has 1 aromatic heterocycles. The van der Waals surface area contributed by atoms with Crippen molar-refractivity contribution >= 4 is 16.9 Å². The second kappa shape index (κ2) is 5.73. The number of nitrogens with zero attached hydrogens (tertiary/aromatic N) is 1. The second-order valence-corrected chi connectivity index (χ2v) is 4.90. The first-order valence-corrected chi connectivity index (χ1v) is 6.55. The molecule has 0 unspecified atom stereocenters. The highest BCUT2D eigenvalue weighted by atomic mass is 16.2. The van der Waals surface area contributed by atoms with Crippen LogP contribution in [-0.2, 0) is 11.3 Å². The van der Waals surface area contributed by atoms with Crippen molar-refractivity contribution in [2.75, 3.05) is 6.54 Å². The molecule has 2 aromatic rings. The Bertz CT molecular complexity index is 625. The van der Waals surface area contributed by atoms with Crippen molar-refractivity contribution in [3.05, 3.63) is 34.7 Å². The molecular weight excluding hydrogens is 242 g/mol. The maximum atomic E-state index is 11.8. The molecule has 0 aliphatic rings. The van der Waals surface area contributed by atoms with Gasteiger partial charge in [0.15, 0.2) is 0 Å². The third kappa shape index (κ3) is 3.05. The molecule has 0 aliphatic heterocycles. The van der Waals surface area contributed by atoms with Crippen LogP contribution in [0.1, 0.15) is 20.3 Å². The molecule has 0 saturated heterocycles. The summed E-state index contributed by atoms with van der Waals surface area (Å²) in [5.41, 5.74) is 1.65. The highest BCUT2D eigenvalue weighted by Gasteiger charge is 2.07. The van der Waals surface area contributed by atoms with E-state index in [1.807, 2.05) is 38.1 Å². The van der Waals surface area contributed by atoms with Crippen LogP contribution in [-0.4, -0.2) is 22.0 Å². The van der Waals surface area contributed by atoms with E-state index in [4.69, 9.17) is 0 Å². The Hall–Kier alpha value is -2.04. The molecule has 0 atom stereocenters. The van der Waals surface area contributed by atoms with E-state index in [0.717, 1.165) is 17.5 Å². The van der Waals surface area contributed by atoms with Gasteiger partial charge in [0.05, 0.1) is 11.0 Å². The minimum Gasteiger partial charge on any atom is -0.356 e. The first kappa shape index (κ1) is 13.4. The second-order valence-electron chi connectivity index (χ2n) is 4.90. The summed E-state index contributed by atoms with van der Waals surface area (Å²) in [5.74, 6) is 0.0436. The van der Waals surface area contributed by atoms with Crippen LogP contribution in [0.25, 0.3) is 11.0 Å². The zero-order valence-corrected chi connectivity index (χ0v) is 11.3. The summed E-state index contributed by atoms with van der Waals surface area (Å²) in [7, 11) is 0. The third-order valence-corrected chi connectivity index (χ3v) is 3.06. The fraction of sp³-hybridized carbons (Fsp3) is 0.429. The summed E-state index contributed by atoms with van der Waals surface area (Å²) < 4.78 is 1.71. The van der Waals surface area contributed by atoms with Crippen molar-refractivity contribution in [3.63, 3.8) is 0 Å². The van der Waals surface area contributed by atoms with Gasteiger partial charge in [-0.15, -0.1) is 0 Å². The van der Waals surface area contributed by atoms with Crippen LogP contribution in [0.5, 0.6) is 0 Å². The fourth-order valence-corrected chi connectivity index (χ4v) is 1.98. The summed E-state index contributed by atoms with van der Waals surface area (Å²) >= 11 is 0. The summed E-state index contributed by atoms with van der Waals surface area (Å²) in [6.45, 7) is 4.91. The number of imidazole rings is 1. The molecule has 2 N–H and O–H groups in total. The maximum Gasteiger partial charge on any atom is 0.326 e. The van der Waals surface area contributed by atoms with E-state index in [9.17, 15) is 9.59 Å². The van der Waals surface area contributed by atoms with Crippen LogP contribution in [0.15, 0.2) is 29.1 Å². The molecule has 2 rings (SSSR count). The Morgan fingerprint density at radius 3 is 2.84 bits per heavy atom. The monoisotopic (exact) mass is 261 g/mol. The lowest BCUT2D eigenvalue weighted by molar-refractivity contribution is -0.123. The topological polar surface area (TPSA) is 66.9 Å². The number of H-pyrrole nitrogens is 1. The predicted molar refractivity (Wildman–Crippen MR) is 75.0 cm³/mol. The number of hydrogen-bond donors (Lipinski definition) is 2. The molecular formula is C14H19N3O2. The number of fused-ring (bicyclic) bond motifs is 1. The van der Waals surface area contributed by atoms with Gasteiger partial charge in [0, 0.05) is 19.0 Å². The van der Waals surface area contributed by atoms with Crippen molar-refractivity contribution in [2.24, 2.45) is 5.92 Å². The lowest BCUT2D eigenvalue weighted by Gasteiger charge is -2.07. The standard InChI is InChI=1S/C14H19N3O2/c1-10(2)13(18)15-8-5-9-17-12-7-4-3-6-11(12)16-14(17)19/h3-4,6-7,10H,5,8-9H2,1-2H3,(H,15,18)(H,16,19). The van der Waals surface area contributed by atoms with Crippen molar-refractivity contribution in [1.29, 1.82) is 0 Å². The summed E-state index contributed by atoms with van der Waals surface area (Å²) in [6.07, 6.45) is 0.736. The van der Waals surface area contributed by atoms with Gasteiger partial charge in [-0.1, -0.05) is 26.0 Å². The van der Waals surface area contributed by atoms with Crippen LogP contribution in [0.2, 0.25) is 0 Å². The SMILES string of the molecule is CC(C)C(=O)NCCCn1c(=O)[nH]c2ccccc21. The Morgan fingerprint density at radius 1 is 1.37 bits per heavy atom. The number of para-hydroxylation sites is 2. The molecule has 0 radical (unpaired) electrons. The summed E-state index contributed by atoms with van der Waals surface area (Å²) in [4.78, 5) is 26.0. The van der Waals surface area contributed by atoms with E-state index in [1.165, 1.54) is 0 Å². The van der Waals surface area contributed by atoms with Gasteiger partial charge in [-0.25, -0.2) is 4.79 Å². The lowest BCUT2D eigenvalue weighted by Crippen LogP contribution is -2.29. The molecule has 0 saturated carbocycles. The lowest BCUT2D eigenvalue weighted by atomic mass is 10.2. The Morgan fingerprint density at radius 2 is 2.11 bits per heavy atom. The van der Waals surface area contributed by atoms with E-state index in [0.29, 0.717) is 13.1 Å². The Kier molecular flexibility index (Phi) is 4.04. The fourth-order valence-electron chi connectivity index (χ4n) is 1.98. The average molecular weight is 261 g/mol. The molecule has 5 nitrogen and oxygen atoms in total. The highest BCUT2D eigenvalue weighted by Crippen LogP contribution is 2.08. The normalized spacial score (nSPS) is 11.1. The van der Waals surface area contributed by atoms with Crippen molar-refractivity contribution < 1.29 is 4.79 Å². The largest absolute Gasteiger partial charge is 0.356 e. The van der Waals surface area contributed by atoms with Crippen LogP contribution in [0.3, 0.4) is 0 Å². The number of amides is 1. The molecule has 5 heteroatoms. The molecule has 0 fully saturated rings. The van der Waals surface area contributed by atoms with Crippen LogP contribution >= 0.6 is 0 Å². The molecule has 1 aromatic carbocycles. The number of nitrogens with one attached hydrogen (secondary N) is 2. The minimum absolute atomic E-state index is 0.00388. The van der Waals surface area contributed by atoms with Gasteiger partial charge in [0.2, 0.25) is 5.91 Å². The van der Waals surface area contributed by atoms with Gasteiger partial charge in [-0.05, 0) is 18.6 Å². The minimum atomic E-state index is -0.101. The quantitative estimate of drug-likeness (QED) is 0.801. The van der Waals surface area contributed by atoms with Gasteiger partial charge in [-0.3, -0.25) is 9.36 Å². The molecule has 1 amide bonds. The number of carbonyl (C=O) groups excluding carboxylic acids is 1. The van der Waals surface area contributed by atoms with Gasteiger partial charge >= 0.3 is 5.69 Å². The number of hydrogen-bond acceptors (Lipinski definition) is 2. The van der Waals surface area contributed by atoms with Crippen LogP contribution in [0, 0.1) is 5.92 Å². The number of carbonyl (C=O) groups is 1. The Labute approximate surface area is 111 Å².